The predicted molar refractivity (Wildman–Crippen MR) is 91.6 cm³/mol. The fourth-order valence-corrected chi connectivity index (χ4v) is 4.74. The molecule has 3 rings (SSSR count). The number of benzene rings is 1. The number of primary amides is 2. The normalized spacial score (nSPS) is 12.4. The molecule has 1 aliphatic carbocycles. The second-order valence-electron chi connectivity index (χ2n) is 4.73. The third kappa shape index (κ3) is 2.40. The van der Waals surface area contributed by atoms with Crippen LogP contribution in [0.15, 0.2) is 18.2 Å². The Bertz CT molecular complexity index is 770. The minimum atomic E-state index is -0.695. The average molecular weight is 413 g/mol. The minimum Gasteiger partial charge on any atom is -0.365 e. The highest BCUT2D eigenvalue weighted by molar-refractivity contribution is 14.1. The number of thiophene rings is 1. The third-order valence-electron chi connectivity index (χ3n) is 3.48. The SMILES string of the molecule is NC(=O)Nc1sc2c(c1C(N)=O)CCc1c(I)cccc1-2. The molecule has 0 saturated heterocycles. The van der Waals surface area contributed by atoms with Crippen LogP contribution in [-0.4, -0.2) is 11.9 Å². The molecule has 21 heavy (non-hydrogen) atoms. The smallest absolute Gasteiger partial charge is 0.317 e. The van der Waals surface area contributed by atoms with Crippen LogP contribution in [0.4, 0.5) is 9.80 Å². The Hall–Kier alpha value is -1.61. The van der Waals surface area contributed by atoms with E-state index in [0.29, 0.717) is 10.6 Å². The molecule has 5 nitrogen and oxygen atoms in total. The van der Waals surface area contributed by atoms with Crippen molar-refractivity contribution in [2.45, 2.75) is 12.8 Å². The largest absolute Gasteiger partial charge is 0.365 e. The minimum absolute atomic E-state index is 0.387. The number of carbonyl (C=O) groups is 2. The zero-order valence-electron chi connectivity index (χ0n) is 10.9. The summed E-state index contributed by atoms with van der Waals surface area (Å²) in [5, 5.41) is 2.95. The van der Waals surface area contributed by atoms with Gasteiger partial charge in [0.25, 0.3) is 5.91 Å². The van der Waals surface area contributed by atoms with E-state index in [0.717, 1.165) is 28.8 Å². The first-order valence-corrected chi connectivity index (χ1v) is 8.18. The summed E-state index contributed by atoms with van der Waals surface area (Å²) in [6.45, 7) is 0. The summed E-state index contributed by atoms with van der Waals surface area (Å²) in [5.41, 5.74) is 14.3. The second kappa shape index (κ2) is 5.30. The van der Waals surface area contributed by atoms with Gasteiger partial charge in [0.05, 0.1) is 5.56 Å². The van der Waals surface area contributed by atoms with Gasteiger partial charge in [-0.3, -0.25) is 10.1 Å². The molecule has 0 unspecified atom stereocenters. The van der Waals surface area contributed by atoms with E-state index in [-0.39, 0.29) is 0 Å². The van der Waals surface area contributed by atoms with Crippen molar-refractivity contribution in [1.82, 2.24) is 0 Å². The first-order valence-electron chi connectivity index (χ1n) is 6.28. The number of anilines is 1. The summed E-state index contributed by atoms with van der Waals surface area (Å²) in [7, 11) is 0. The second-order valence-corrected chi connectivity index (χ2v) is 6.92. The zero-order valence-corrected chi connectivity index (χ0v) is 13.9. The third-order valence-corrected chi connectivity index (χ3v) is 5.67. The lowest BCUT2D eigenvalue weighted by molar-refractivity contribution is 0.100. The van der Waals surface area contributed by atoms with E-state index >= 15 is 0 Å². The van der Waals surface area contributed by atoms with Crippen LogP contribution in [0.3, 0.4) is 0 Å². The van der Waals surface area contributed by atoms with E-state index in [2.05, 4.69) is 34.0 Å². The number of hydrogen-bond donors (Lipinski definition) is 3. The summed E-state index contributed by atoms with van der Waals surface area (Å²) in [6, 6.07) is 5.39. The molecule has 1 aliphatic rings. The van der Waals surface area contributed by atoms with Crippen LogP contribution in [0, 0.1) is 3.57 Å². The van der Waals surface area contributed by atoms with Crippen LogP contribution in [0.1, 0.15) is 21.5 Å². The van der Waals surface area contributed by atoms with E-state index < -0.39 is 11.9 Å². The van der Waals surface area contributed by atoms with Gasteiger partial charge in [-0.15, -0.1) is 11.3 Å². The number of halogens is 1. The molecule has 1 heterocycles. The van der Waals surface area contributed by atoms with Crippen molar-refractivity contribution in [3.63, 3.8) is 0 Å². The molecule has 5 N–H and O–H groups in total. The maximum atomic E-state index is 11.8. The summed E-state index contributed by atoms with van der Waals surface area (Å²) in [5.74, 6) is -0.537. The van der Waals surface area contributed by atoms with Gasteiger partial charge in [0.1, 0.15) is 5.00 Å². The molecule has 2 aromatic rings. The van der Waals surface area contributed by atoms with Crippen LogP contribution in [0.2, 0.25) is 0 Å². The molecule has 3 amide bonds. The van der Waals surface area contributed by atoms with Crippen molar-refractivity contribution in [1.29, 1.82) is 0 Å². The number of urea groups is 1. The van der Waals surface area contributed by atoms with E-state index in [1.807, 2.05) is 12.1 Å². The molecule has 1 aromatic heterocycles. The van der Waals surface area contributed by atoms with Crippen molar-refractivity contribution in [3.8, 4) is 10.4 Å². The van der Waals surface area contributed by atoms with Crippen molar-refractivity contribution in [2.75, 3.05) is 5.32 Å². The molecule has 7 heteroatoms. The lowest BCUT2D eigenvalue weighted by atomic mass is 9.89. The molecule has 0 bridgehead atoms. The summed E-state index contributed by atoms with van der Waals surface area (Å²) >= 11 is 3.67. The van der Waals surface area contributed by atoms with Crippen LogP contribution in [0.25, 0.3) is 10.4 Å². The molecule has 108 valence electrons. The van der Waals surface area contributed by atoms with Gasteiger partial charge in [-0.1, -0.05) is 12.1 Å². The fourth-order valence-electron chi connectivity index (χ4n) is 2.66. The lowest BCUT2D eigenvalue weighted by Crippen LogP contribution is -2.22. The molecular formula is C14H12IN3O2S. The van der Waals surface area contributed by atoms with E-state index in [9.17, 15) is 9.59 Å². The standard InChI is InChI=1S/C14H12IN3O2S/c15-9-3-1-2-7-6(9)4-5-8-10(12(16)19)13(18-14(17)20)21-11(7)8/h1-3H,4-5H2,(H2,16,19)(H3,17,18,20). The Morgan fingerprint density at radius 1 is 1.19 bits per heavy atom. The zero-order chi connectivity index (χ0) is 15.1. The van der Waals surface area contributed by atoms with Gasteiger partial charge < -0.3 is 11.5 Å². The molecule has 0 saturated carbocycles. The summed E-state index contributed by atoms with van der Waals surface area (Å²) in [4.78, 5) is 23.9. The Labute approximate surface area is 138 Å². The molecule has 0 fully saturated rings. The Morgan fingerprint density at radius 2 is 1.90 bits per heavy atom. The van der Waals surface area contributed by atoms with Crippen molar-refractivity contribution >= 4 is 50.9 Å². The summed E-state index contributed by atoms with van der Waals surface area (Å²) < 4.78 is 1.20. The highest BCUT2D eigenvalue weighted by atomic mass is 127. The Kier molecular flexibility index (Phi) is 3.62. The van der Waals surface area contributed by atoms with Crippen LogP contribution < -0.4 is 16.8 Å². The van der Waals surface area contributed by atoms with Crippen molar-refractivity contribution in [3.05, 3.63) is 38.5 Å². The fraction of sp³-hybridized carbons (Fsp3) is 0.143. The van der Waals surface area contributed by atoms with Crippen LogP contribution in [0.5, 0.6) is 0 Å². The van der Waals surface area contributed by atoms with Gasteiger partial charge in [0, 0.05) is 8.45 Å². The highest BCUT2D eigenvalue weighted by Crippen LogP contribution is 2.45. The number of nitrogens with two attached hydrogens (primary N) is 2. The van der Waals surface area contributed by atoms with Gasteiger partial charge >= 0.3 is 6.03 Å². The van der Waals surface area contributed by atoms with E-state index in [4.69, 9.17) is 11.5 Å². The summed E-state index contributed by atoms with van der Waals surface area (Å²) in [6.07, 6.45) is 1.59. The quantitative estimate of drug-likeness (QED) is 0.660. The number of hydrogen-bond acceptors (Lipinski definition) is 3. The van der Waals surface area contributed by atoms with Gasteiger partial charge in [0.2, 0.25) is 0 Å². The molecule has 0 atom stereocenters. The number of fused-ring (bicyclic) bond motifs is 3. The number of amides is 3. The van der Waals surface area contributed by atoms with Crippen LogP contribution >= 0.6 is 33.9 Å². The average Bonchev–Trinajstić information content (AvgIpc) is 2.76. The first-order chi connectivity index (χ1) is 9.99. The van der Waals surface area contributed by atoms with Gasteiger partial charge in [-0.25, -0.2) is 4.79 Å². The van der Waals surface area contributed by atoms with Gasteiger partial charge in [0.15, 0.2) is 0 Å². The number of nitrogens with one attached hydrogen (secondary N) is 1. The topological polar surface area (TPSA) is 98.2 Å². The molecular weight excluding hydrogens is 401 g/mol. The maximum absolute atomic E-state index is 11.8. The van der Waals surface area contributed by atoms with Gasteiger partial charge in [-0.05, 0) is 58.2 Å². The highest BCUT2D eigenvalue weighted by Gasteiger charge is 2.28. The molecule has 0 aliphatic heterocycles. The van der Waals surface area contributed by atoms with Crippen molar-refractivity contribution < 1.29 is 9.59 Å². The Balaban J connectivity index is 2.23. The number of rotatable bonds is 2. The monoisotopic (exact) mass is 413 g/mol. The van der Waals surface area contributed by atoms with Crippen LogP contribution in [-0.2, 0) is 12.8 Å². The Morgan fingerprint density at radius 3 is 2.57 bits per heavy atom. The van der Waals surface area contributed by atoms with Crippen molar-refractivity contribution in [2.24, 2.45) is 11.5 Å². The molecule has 1 aromatic carbocycles. The first kappa shape index (κ1) is 14.3. The maximum Gasteiger partial charge on any atom is 0.317 e. The predicted octanol–water partition coefficient (Wildman–Crippen LogP) is 2.71. The molecule has 0 radical (unpaired) electrons. The number of carbonyl (C=O) groups excluding carboxylic acids is 2. The van der Waals surface area contributed by atoms with E-state index in [1.54, 1.807) is 0 Å². The van der Waals surface area contributed by atoms with Gasteiger partial charge in [-0.2, -0.15) is 0 Å². The van der Waals surface area contributed by atoms with E-state index in [1.165, 1.54) is 20.5 Å². The lowest BCUT2D eigenvalue weighted by Gasteiger charge is -2.18. The molecule has 0 spiro atoms.